The van der Waals surface area contributed by atoms with Crippen LogP contribution in [0.15, 0.2) is 0 Å². The van der Waals surface area contributed by atoms with Crippen molar-refractivity contribution in [2.24, 2.45) is 0 Å². The molecule has 0 aromatic carbocycles. The van der Waals surface area contributed by atoms with Crippen molar-refractivity contribution in [1.82, 2.24) is 0 Å². The number of aliphatic carboxylic acids is 3. The summed E-state index contributed by atoms with van der Waals surface area (Å²) in [6.45, 7) is 3.61. The first kappa shape index (κ1) is 28.3. The summed E-state index contributed by atoms with van der Waals surface area (Å²) in [6.07, 6.45) is -1.42. The second-order valence-corrected chi connectivity index (χ2v) is 3.75. The van der Waals surface area contributed by atoms with Gasteiger partial charge in [-0.1, -0.05) is 0 Å². The van der Waals surface area contributed by atoms with Crippen molar-refractivity contribution >= 4 is 35.3 Å². The van der Waals surface area contributed by atoms with Gasteiger partial charge in [0.2, 0.25) is 0 Å². The molecule has 0 saturated heterocycles. The van der Waals surface area contributed by atoms with E-state index in [1.807, 2.05) is 0 Å². The number of carbonyl (C=O) groups is 6. The van der Waals surface area contributed by atoms with Crippen LogP contribution >= 0.6 is 0 Å². The zero-order valence-electron chi connectivity index (χ0n) is 12.1. The minimum atomic E-state index is -1.31. The Morgan fingerprint density at radius 2 is 0.682 bits per heavy atom. The molecule has 0 heterocycles. The van der Waals surface area contributed by atoms with Gasteiger partial charge in [-0.3, -0.25) is 14.4 Å². The SMILES string of the molecule is CC(=O)CC(=O)[O-].CC(=O)CC(=O)[O-].CC(=O)CC(=O)[O-].[Au+3]. The minimum absolute atomic E-state index is 0. The molecule has 0 aliphatic rings. The van der Waals surface area contributed by atoms with E-state index in [-0.39, 0.29) is 39.7 Å². The summed E-state index contributed by atoms with van der Waals surface area (Å²) < 4.78 is 0. The fraction of sp³-hybridized carbons (Fsp3) is 0.500. The van der Waals surface area contributed by atoms with Gasteiger partial charge in [-0.2, -0.15) is 0 Å². The molecule has 0 unspecified atom stereocenters. The molecular formula is C12H15AuO9. The number of carbonyl (C=O) groups excluding carboxylic acids is 6. The number of hydrogen-bond donors (Lipinski definition) is 0. The summed E-state index contributed by atoms with van der Waals surface area (Å²) in [5, 5.41) is 28.4. The van der Waals surface area contributed by atoms with E-state index in [0.717, 1.165) is 0 Å². The van der Waals surface area contributed by atoms with Crippen LogP contribution in [0.2, 0.25) is 0 Å². The molecule has 0 spiro atoms. The summed E-state index contributed by atoms with van der Waals surface area (Å²) >= 11 is 0. The molecule has 0 bridgehead atoms. The van der Waals surface area contributed by atoms with Gasteiger partial charge in [-0.15, -0.1) is 0 Å². The van der Waals surface area contributed by atoms with E-state index >= 15 is 0 Å². The van der Waals surface area contributed by atoms with Gasteiger partial charge in [-0.25, -0.2) is 0 Å². The maximum atomic E-state index is 9.83. The Labute approximate surface area is 142 Å². The summed E-state index contributed by atoms with van der Waals surface area (Å²) in [5.41, 5.74) is 0. The van der Waals surface area contributed by atoms with E-state index in [0.29, 0.717) is 0 Å². The van der Waals surface area contributed by atoms with Crippen LogP contribution in [0.4, 0.5) is 0 Å². The van der Waals surface area contributed by atoms with Crippen LogP contribution in [0.1, 0.15) is 40.0 Å². The molecule has 10 heteroatoms. The monoisotopic (exact) mass is 500 g/mol. The first-order valence-electron chi connectivity index (χ1n) is 5.46. The number of carboxylic acid groups (broad SMARTS) is 3. The molecule has 0 rings (SSSR count). The van der Waals surface area contributed by atoms with Crippen LogP contribution in [0, 0.1) is 0 Å². The molecule has 9 nitrogen and oxygen atoms in total. The summed E-state index contributed by atoms with van der Waals surface area (Å²) in [7, 11) is 0. The quantitative estimate of drug-likeness (QED) is 0.262. The Morgan fingerprint density at radius 3 is 0.682 bits per heavy atom. The van der Waals surface area contributed by atoms with Gasteiger partial charge in [0, 0.05) is 37.2 Å². The Kier molecular flexibility index (Phi) is 22.2. The topological polar surface area (TPSA) is 172 Å². The molecular weight excluding hydrogens is 485 g/mol. The van der Waals surface area contributed by atoms with Gasteiger partial charge >= 0.3 is 22.4 Å². The first-order valence-corrected chi connectivity index (χ1v) is 5.46. The first-order chi connectivity index (χ1) is 9.38. The smallest absolute Gasteiger partial charge is 0.550 e. The van der Waals surface area contributed by atoms with Crippen LogP contribution in [-0.4, -0.2) is 35.3 Å². The van der Waals surface area contributed by atoms with E-state index in [1.165, 1.54) is 20.8 Å². The molecule has 0 atom stereocenters. The Balaban J connectivity index is -0.000000108. The Hall–Kier alpha value is -1.84. The third-order valence-corrected chi connectivity index (χ3v) is 1.18. The summed E-state index contributed by atoms with van der Waals surface area (Å²) in [4.78, 5) is 57.9. The standard InChI is InChI=1S/3C4H6O3.Au/c3*1-3(5)2-4(6)7;/h3*2H2,1H3,(H,6,7);/q;;;+3/p-3. The largest absolute Gasteiger partial charge is 3.00 e. The average Bonchev–Trinajstić information content (AvgIpc) is 2.10. The van der Waals surface area contributed by atoms with Crippen molar-refractivity contribution in [1.29, 1.82) is 0 Å². The second-order valence-electron chi connectivity index (χ2n) is 3.75. The fourth-order valence-electron chi connectivity index (χ4n) is 0.610. The van der Waals surface area contributed by atoms with Crippen LogP contribution in [0.5, 0.6) is 0 Å². The minimum Gasteiger partial charge on any atom is -0.550 e. The average molecular weight is 500 g/mol. The molecule has 0 aliphatic heterocycles. The molecule has 0 radical (unpaired) electrons. The molecule has 0 amide bonds. The van der Waals surface area contributed by atoms with E-state index in [9.17, 15) is 44.1 Å². The van der Waals surface area contributed by atoms with Crippen LogP contribution in [0.25, 0.3) is 0 Å². The van der Waals surface area contributed by atoms with Crippen LogP contribution in [-0.2, 0) is 51.1 Å². The van der Waals surface area contributed by atoms with Crippen molar-refractivity contribution in [3.8, 4) is 0 Å². The Bertz CT molecular complexity index is 317. The number of hydrogen-bond acceptors (Lipinski definition) is 9. The molecule has 0 fully saturated rings. The van der Waals surface area contributed by atoms with Gasteiger partial charge in [0.25, 0.3) is 0 Å². The molecule has 0 aromatic heterocycles. The van der Waals surface area contributed by atoms with Gasteiger partial charge in [0.1, 0.15) is 17.3 Å². The van der Waals surface area contributed by atoms with Gasteiger partial charge in [0.15, 0.2) is 0 Å². The van der Waals surface area contributed by atoms with Crippen molar-refractivity contribution in [2.75, 3.05) is 0 Å². The zero-order valence-corrected chi connectivity index (χ0v) is 14.3. The third-order valence-electron chi connectivity index (χ3n) is 1.18. The predicted molar refractivity (Wildman–Crippen MR) is 60.9 cm³/mol. The fourth-order valence-corrected chi connectivity index (χ4v) is 0.610. The normalized spacial score (nSPS) is 7.77. The van der Waals surface area contributed by atoms with Crippen LogP contribution in [0.3, 0.4) is 0 Å². The van der Waals surface area contributed by atoms with Gasteiger partial charge < -0.3 is 29.7 Å². The second kappa shape index (κ2) is 17.2. The number of rotatable bonds is 6. The predicted octanol–water partition coefficient (Wildman–Crippen LogP) is -3.86. The molecule has 0 aliphatic carbocycles. The zero-order chi connectivity index (χ0) is 17.6. The third kappa shape index (κ3) is 51.8. The number of carboxylic acids is 3. The van der Waals surface area contributed by atoms with E-state index in [4.69, 9.17) is 0 Å². The van der Waals surface area contributed by atoms with Crippen molar-refractivity contribution in [2.45, 2.75) is 40.0 Å². The van der Waals surface area contributed by atoms with Gasteiger partial charge in [0.05, 0.1) is 0 Å². The molecule has 0 saturated carbocycles. The Morgan fingerprint density at radius 1 is 0.545 bits per heavy atom. The van der Waals surface area contributed by atoms with Crippen LogP contribution < -0.4 is 15.3 Å². The number of ketones is 3. The maximum absolute atomic E-state index is 9.83. The summed E-state index contributed by atoms with van der Waals surface area (Å²) in [5.74, 6) is -5.06. The maximum Gasteiger partial charge on any atom is 3.00 e. The summed E-state index contributed by atoms with van der Waals surface area (Å²) in [6, 6.07) is 0. The van der Waals surface area contributed by atoms with Crippen molar-refractivity contribution in [3.05, 3.63) is 0 Å². The molecule has 0 aromatic rings. The molecule has 22 heavy (non-hydrogen) atoms. The molecule has 128 valence electrons. The van der Waals surface area contributed by atoms with Crippen molar-refractivity contribution < 1.29 is 66.5 Å². The van der Waals surface area contributed by atoms with E-state index in [1.54, 1.807) is 0 Å². The molecule has 0 N–H and O–H groups in total. The van der Waals surface area contributed by atoms with E-state index in [2.05, 4.69) is 0 Å². The van der Waals surface area contributed by atoms with E-state index < -0.39 is 37.2 Å². The number of Topliss-reactive ketones (excluding diaryl/α,β-unsaturated/α-hetero) is 3. The van der Waals surface area contributed by atoms with Crippen molar-refractivity contribution in [3.63, 3.8) is 0 Å². The van der Waals surface area contributed by atoms with Gasteiger partial charge in [-0.05, 0) is 20.8 Å².